The van der Waals surface area contributed by atoms with Gasteiger partial charge < -0.3 is 14.6 Å². The molecular weight excluding hydrogens is 268 g/mol. The van der Waals surface area contributed by atoms with E-state index in [9.17, 15) is 9.90 Å². The van der Waals surface area contributed by atoms with Gasteiger partial charge in [0.25, 0.3) is 0 Å². The molecule has 0 spiro atoms. The molecule has 0 fully saturated rings. The third kappa shape index (κ3) is 3.41. The summed E-state index contributed by atoms with van der Waals surface area (Å²) in [5.74, 6) is 1.25. The van der Waals surface area contributed by atoms with Gasteiger partial charge >= 0.3 is 0 Å². The van der Waals surface area contributed by atoms with Crippen LogP contribution in [0.3, 0.4) is 0 Å². The van der Waals surface area contributed by atoms with Crippen LogP contribution < -0.4 is 9.47 Å². The molecule has 0 heterocycles. The fourth-order valence-corrected chi connectivity index (χ4v) is 2.12. The Hall–Kier alpha value is -2.33. The summed E-state index contributed by atoms with van der Waals surface area (Å²) < 4.78 is 10.6. The third-order valence-corrected chi connectivity index (χ3v) is 3.20. The van der Waals surface area contributed by atoms with Crippen molar-refractivity contribution < 1.29 is 19.4 Å². The van der Waals surface area contributed by atoms with E-state index in [0.29, 0.717) is 23.5 Å². The number of methoxy groups -OCH3 is 1. The average molecular weight is 286 g/mol. The van der Waals surface area contributed by atoms with Crippen molar-refractivity contribution in [1.82, 2.24) is 0 Å². The molecule has 0 aliphatic rings. The number of ether oxygens (including phenoxy) is 2. The highest BCUT2D eigenvalue weighted by Gasteiger charge is 2.16. The Morgan fingerprint density at radius 3 is 2.48 bits per heavy atom. The molecule has 0 saturated heterocycles. The van der Waals surface area contributed by atoms with E-state index in [2.05, 4.69) is 0 Å². The topological polar surface area (TPSA) is 55.8 Å². The van der Waals surface area contributed by atoms with Crippen molar-refractivity contribution in [3.8, 4) is 11.5 Å². The number of carbonyl (C=O) groups excluding carboxylic acids is 1. The van der Waals surface area contributed by atoms with E-state index < -0.39 is 6.10 Å². The van der Waals surface area contributed by atoms with Gasteiger partial charge in [0.05, 0.1) is 13.7 Å². The van der Waals surface area contributed by atoms with Gasteiger partial charge in [0.1, 0.15) is 23.9 Å². The number of aliphatic hydroxyl groups is 1. The molecular formula is C17H18O4. The highest BCUT2D eigenvalue weighted by Crippen LogP contribution is 2.31. The molecule has 2 aromatic carbocycles. The lowest BCUT2D eigenvalue weighted by Gasteiger charge is -2.16. The molecule has 110 valence electrons. The van der Waals surface area contributed by atoms with Gasteiger partial charge in [0, 0.05) is 11.1 Å². The van der Waals surface area contributed by atoms with Crippen LogP contribution in [0.2, 0.25) is 0 Å². The number of hydrogen-bond donors (Lipinski definition) is 1. The van der Waals surface area contributed by atoms with Gasteiger partial charge in [-0.2, -0.15) is 0 Å². The first-order valence-corrected chi connectivity index (χ1v) is 6.73. The van der Waals surface area contributed by atoms with E-state index in [0.717, 1.165) is 17.6 Å². The van der Waals surface area contributed by atoms with Crippen molar-refractivity contribution in [3.05, 3.63) is 59.2 Å². The number of rotatable bonds is 6. The number of aldehydes is 1. The monoisotopic (exact) mass is 286 g/mol. The van der Waals surface area contributed by atoms with Crippen LogP contribution in [0.25, 0.3) is 0 Å². The second-order valence-electron chi connectivity index (χ2n) is 4.52. The lowest BCUT2D eigenvalue weighted by atomic mass is 9.99. The average Bonchev–Trinajstić information content (AvgIpc) is 2.54. The minimum Gasteiger partial charge on any atom is -0.496 e. The predicted octanol–water partition coefficient (Wildman–Crippen LogP) is 2.99. The van der Waals surface area contributed by atoms with Crippen molar-refractivity contribution in [2.45, 2.75) is 13.0 Å². The van der Waals surface area contributed by atoms with Gasteiger partial charge in [-0.15, -0.1) is 0 Å². The Morgan fingerprint density at radius 1 is 1.19 bits per heavy atom. The van der Waals surface area contributed by atoms with Crippen molar-refractivity contribution in [3.63, 3.8) is 0 Å². The smallest absolute Gasteiger partial charge is 0.150 e. The number of benzene rings is 2. The molecule has 4 heteroatoms. The molecule has 0 aliphatic heterocycles. The Kier molecular flexibility index (Phi) is 4.95. The van der Waals surface area contributed by atoms with Crippen LogP contribution in [0.4, 0.5) is 0 Å². The minimum atomic E-state index is -0.823. The summed E-state index contributed by atoms with van der Waals surface area (Å²) in [6, 6.07) is 12.2. The molecule has 0 saturated carbocycles. The maximum Gasteiger partial charge on any atom is 0.150 e. The number of hydrogen-bond acceptors (Lipinski definition) is 4. The second kappa shape index (κ2) is 6.90. The molecule has 21 heavy (non-hydrogen) atoms. The Bertz CT molecular complexity index is 605. The zero-order valence-electron chi connectivity index (χ0n) is 12.1. The summed E-state index contributed by atoms with van der Waals surface area (Å²) >= 11 is 0. The van der Waals surface area contributed by atoms with E-state index in [4.69, 9.17) is 9.47 Å². The van der Waals surface area contributed by atoms with Gasteiger partial charge in [-0.3, -0.25) is 4.79 Å². The van der Waals surface area contributed by atoms with E-state index in [-0.39, 0.29) is 0 Å². The minimum absolute atomic E-state index is 0.487. The van der Waals surface area contributed by atoms with Crippen molar-refractivity contribution >= 4 is 6.29 Å². The first kappa shape index (κ1) is 15.1. The van der Waals surface area contributed by atoms with Crippen LogP contribution >= 0.6 is 0 Å². The summed E-state index contributed by atoms with van der Waals surface area (Å²) in [7, 11) is 1.51. The Balaban J connectivity index is 2.30. The first-order valence-electron chi connectivity index (χ1n) is 6.73. The van der Waals surface area contributed by atoms with Crippen molar-refractivity contribution in [2.24, 2.45) is 0 Å². The summed E-state index contributed by atoms with van der Waals surface area (Å²) in [5.41, 5.74) is 1.86. The van der Waals surface area contributed by atoms with Crippen molar-refractivity contribution in [1.29, 1.82) is 0 Å². The molecule has 1 atom stereocenters. The highest BCUT2D eigenvalue weighted by atomic mass is 16.5. The predicted molar refractivity (Wildman–Crippen MR) is 80.1 cm³/mol. The van der Waals surface area contributed by atoms with Gasteiger partial charge in [-0.25, -0.2) is 0 Å². The summed E-state index contributed by atoms with van der Waals surface area (Å²) in [4.78, 5) is 10.8. The zero-order chi connectivity index (χ0) is 15.2. The van der Waals surface area contributed by atoms with Gasteiger partial charge in [-0.1, -0.05) is 24.3 Å². The van der Waals surface area contributed by atoms with Gasteiger partial charge in [0.2, 0.25) is 0 Å². The SMILES string of the molecule is CCOc1ccc(C(O)c2ccc(C=O)cc2OC)cc1. The molecule has 2 aromatic rings. The second-order valence-corrected chi connectivity index (χ2v) is 4.52. The standard InChI is InChI=1S/C17H18O4/c1-3-21-14-7-5-13(6-8-14)17(19)15-9-4-12(11-18)10-16(15)20-2/h4-11,17,19H,3H2,1-2H3. The van der Waals surface area contributed by atoms with E-state index >= 15 is 0 Å². The molecule has 4 nitrogen and oxygen atoms in total. The van der Waals surface area contributed by atoms with Crippen LogP contribution in [-0.4, -0.2) is 25.1 Å². The van der Waals surface area contributed by atoms with E-state index in [1.54, 1.807) is 18.2 Å². The van der Waals surface area contributed by atoms with E-state index in [1.165, 1.54) is 7.11 Å². The van der Waals surface area contributed by atoms with Crippen LogP contribution in [0.15, 0.2) is 42.5 Å². The highest BCUT2D eigenvalue weighted by molar-refractivity contribution is 5.76. The maximum absolute atomic E-state index is 10.8. The largest absolute Gasteiger partial charge is 0.496 e. The summed E-state index contributed by atoms with van der Waals surface area (Å²) in [6.07, 6.45) is -0.0772. The Labute approximate surface area is 123 Å². The molecule has 0 amide bonds. The van der Waals surface area contributed by atoms with Crippen LogP contribution in [0.1, 0.15) is 34.5 Å². The maximum atomic E-state index is 10.8. The number of aliphatic hydroxyl groups excluding tert-OH is 1. The van der Waals surface area contributed by atoms with Gasteiger partial charge in [0.15, 0.2) is 0 Å². The Morgan fingerprint density at radius 2 is 1.90 bits per heavy atom. The molecule has 0 aliphatic carbocycles. The zero-order valence-corrected chi connectivity index (χ0v) is 12.1. The van der Waals surface area contributed by atoms with Crippen LogP contribution in [-0.2, 0) is 0 Å². The van der Waals surface area contributed by atoms with Crippen LogP contribution in [0, 0.1) is 0 Å². The van der Waals surface area contributed by atoms with E-state index in [1.807, 2.05) is 31.2 Å². The number of carbonyl (C=O) groups is 1. The van der Waals surface area contributed by atoms with Crippen LogP contribution in [0.5, 0.6) is 11.5 Å². The molecule has 0 aromatic heterocycles. The first-order chi connectivity index (χ1) is 10.2. The molecule has 1 N–H and O–H groups in total. The normalized spacial score (nSPS) is 11.8. The van der Waals surface area contributed by atoms with Gasteiger partial charge in [-0.05, 0) is 30.7 Å². The fourth-order valence-electron chi connectivity index (χ4n) is 2.12. The third-order valence-electron chi connectivity index (χ3n) is 3.20. The molecule has 0 bridgehead atoms. The quantitative estimate of drug-likeness (QED) is 0.829. The summed E-state index contributed by atoms with van der Waals surface area (Å²) in [5, 5.41) is 10.5. The molecule has 1 unspecified atom stereocenters. The molecule has 0 radical (unpaired) electrons. The van der Waals surface area contributed by atoms with Crippen molar-refractivity contribution in [2.75, 3.05) is 13.7 Å². The lowest BCUT2D eigenvalue weighted by Crippen LogP contribution is -2.03. The lowest BCUT2D eigenvalue weighted by molar-refractivity contribution is 0.112. The fraction of sp³-hybridized carbons (Fsp3) is 0.235. The summed E-state index contributed by atoms with van der Waals surface area (Å²) in [6.45, 7) is 2.52. The molecule has 2 rings (SSSR count).